The molecule has 19 nitrogen and oxygen atoms in total. The molecule has 41 heavy (non-hydrogen) atoms. The van der Waals surface area contributed by atoms with Crippen molar-refractivity contribution in [2.45, 2.75) is 31.5 Å². The van der Waals surface area contributed by atoms with Crippen molar-refractivity contribution in [1.29, 1.82) is 0 Å². The van der Waals surface area contributed by atoms with Crippen LogP contribution in [0.25, 0.3) is 0 Å². The van der Waals surface area contributed by atoms with Crippen LogP contribution in [0.5, 0.6) is 5.75 Å². The van der Waals surface area contributed by atoms with E-state index in [2.05, 4.69) is 30.5 Å². The minimum absolute atomic E-state index is 0.0230. The number of carboxylic acids is 1. The molecule has 1 aliphatic rings. The highest BCUT2D eigenvalue weighted by molar-refractivity contribution is 7.84. The number of hydrogen-bond donors (Lipinski definition) is 7. The summed E-state index contributed by atoms with van der Waals surface area (Å²) in [5.74, 6) is 0.990. The third-order valence-electron chi connectivity index (χ3n) is 5.38. The number of hydrazone groups is 1. The number of carboxylic acid groups (broad SMARTS) is 1. The van der Waals surface area contributed by atoms with Crippen LogP contribution < -0.4 is 22.3 Å². The van der Waals surface area contributed by atoms with Crippen molar-refractivity contribution < 1.29 is 42.4 Å². The van der Waals surface area contributed by atoms with E-state index in [1.165, 1.54) is 5.38 Å². The second-order valence-corrected chi connectivity index (χ2v) is 10.8. The number of aromatic amines is 1. The van der Waals surface area contributed by atoms with Gasteiger partial charge in [0, 0.05) is 17.6 Å². The van der Waals surface area contributed by atoms with Gasteiger partial charge < -0.3 is 36.9 Å². The van der Waals surface area contributed by atoms with Crippen LogP contribution in [-0.4, -0.2) is 97.1 Å². The lowest BCUT2D eigenvalue weighted by Crippen LogP contribution is -2.73. The zero-order chi connectivity index (χ0) is 30.7. The first-order valence-electron chi connectivity index (χ1n) is 11.1. The molecule has 0 aliphatic carbocycles. The summed E-state index contributed by atoms with van der Waals surface area (Å²) >= 11 is 0.919. The van der Waals surface area contributed by atoms with Crippen LogP contribution in [0.2, 0.25) is 0 Å². The number of carbonyl (C=O) groups excluding carboxylic acids is 2. The molecule has 3 heterocycles. The Bertz CT molecular complexity index is 1630. The van der Waals surface area contributed by atoms with Gasteiger partial charge in [-0.3, -0.25) is 23.9 Å². The number of thiazole rings is 1. The van der Waals surface area contributed by atoms with E-state index in [4.69, 9.17) is 16.4 Å². The average molecular weight is 614 g/mol. The number of aliphatic imine (C=N–C) groups is 1. The first-order chi connectivity index (χ1) is 19.1. The molecular weight excluding hydrogens is 590 g/mol. The number of aliphatic carboxylic acids is 1. The number of nitrogens with two attached hydrogens (primary N) is 2. The van der Waals surface area contributed by atoms with Crippen LogP contribution in [-0.2, 0) is 29.5 Å². The highest BCUT2D eigenvalue weighted by Gasteiger charge is 2.54. The first kappa shape index (κ1) is 30.6. The summed E-state index contributed by atoms with van der Waals surface area (Å²) in [7, 11) is -5.08. The van der Waals surface area contributed by atoms with Gasteiger partial charge >= 0.3 is 16.3 Å². The Morgan fingerprint density at radius 1 is 1.37 bits per heavy atom. The lowest BCUT2D eigenvalue weighted by molar-refractivity contribution is -0.161. The number of anilines is 1. The number of nitrogen functional groups attached to an aromatic ring is 1. The van der Waals surface area contributed by atoms with Crippen molar-refractivity contribution in [3.63, 3.8) is 0 Å². The Hall–Kier alpha value is -4.89. The zero-order valence-corrected chi connectivity index (χ0v) is 22.7. The monoisotopic (exact) mass is 613 g/mol. The molecule has 1 saturated heterocycles. The van der Waals surface area contributed by atoms with Gasteiger partial charge in [0.2, 0.25) is 11.0 Å². The number of pyridine rings is 1. The molecule has 1 aliphatic heterocycles. The zero-order valence-electron chi connectivity index (χ0n) is 21.1. The fraction of sp³-hybridized carbons (Fsp3) is 0.300. The highest BCUT2D eigenvalue weighted by atomic mass is 32.2. The second kappa shape index (κ2) is 11.7. The molecule has 2 aromatic rings. The fourth-order valence-corrected chi connectivity index (χ4v) is 4.60. The Kier molecular flexibility index (Phi) is 8.74. The summed E-state index contributed by atoms with van der Waals surface area (Å²) < 4.78 is 33.2. The normalized spacial score (nSPS) is 18.3. The van der Waals surface area contributed by atoms with Gasteiger partial charge in [0.25, 0.3) is 11.8 Å². The molecule has 2 amide bonds. The van der Waals surface area contributed by atoms with Gasteiger partial charge in [-0.25, -0.2) is 14.1 Å². The van der Waals surface area contributed by atoms with E-state index in [0.717, 1.165) is 43.7 Å². The number of carbonyl (C=O) groups is 3. The van der Waals surface area contributed by atoms with Gasteiger partial charge in [0.15, 0.2) is 16.6 Å². The summed E-state index contributed by atoms with van der Waals surface area (Å²) in [6, 6.07) is -2.05. The Morgan fingerprint density at radius 2 is 2.05 bits per heavy atom. The molecule has 2 aromatic heterocycles. The first-order valence-corrected chi connectivity index (χ1v) is 13.4. The molecule has 0 aromatic carbocycles. The van der Waals surface area contributed by atoms with Gasteiger partial charge in [0.1, 0.15) is 17.4 Å². The van der Waals surface area contributed by atoms with Crippen LogP contribution in [0.15, 0.2) is 37.7 Å². The SMILES string of the molecule is CC(C)(O/N=C(\C(=O)N[C@@H]1C(=O)N(S(=O)(=O)O)[C@@H]1CN=CC(=NN)c1cc(=O)c(O)c[nH]1)c1csc(N)n1)C(=O)O. The molecule has 0 spiro atoms. The number of nitrogens with one attached hydrogen (secondary N) is 2. The predicted molar refractivity (Wildman–Crippen MR) is 143 cm³/mol. The maximum absolute atomic E-state index is 13.1. The van der Waals surface area contributed by atoms with Crippen molar-refractivity contribution in [2.75, 3.05) is 12.3 Å². The van der Waals surface area contributed by atoms with Gasteiger partial charge in [-0.15, -0.1) is 11.3 Å². The number of aromatic nitrogens is 2. The van der Waals surface area contributed by atoms with E-state index in [1.54, 1.807) is 0 Å². The molecule has 21 heteroatoms. The van der Waals surface area contributed by atoms with E-state index in [1.807, 2.05) is 0 Å². The van der Waals surface area contributed by atoms with Crippen molar-refractivity contribution in [3.05, 3.63) is 39.3 Å². The van der Waals surface area contributed by atoms with E-state index in [9.17, 15) is 42.4 Å². The summed E-state index contributed by atoms with van der Waals surface area (Å²) in [6.07, 6.45) is 1.99. The van der Waals surface area contributed by atoms with Gasteiger partial charge in [-0.1, -0.05) is 5.16 Å². The van der Waals surface area contributed by atoms with Crippen molar-refractivity contribution in [1.82, 2.24) is 19.6 Å². The van der Waals surface area contributed by atoms with Crippen LogP contribution in [0.4, 0.5) is 5.13 Å². The maximum Gasteiger partial charge on any atom is 0.362 e. The molecule has 220 valence electrons. The summed E-state index contributed by atoms with van der Waals surface area (Å²) in [5, 5.41) is 29.2. The lowest BCUT2D eigenvalue weighted by atomic mass is 9.98. The highest BCUT2D eigenvalue weighted by Crippen LogP contribution is 2.24. The van der Waals surface area contributed by atoms with Gasteiger partial charge in [-0.2, -0.15) is 13.5 Å². The van der Waals surface area contributed by atoms with Gasteiger partial charge in [0.05, 0.1) is 24.5 Å². The molecule has 9 N–H and O–H groups in total. The van der Waals surface area contributed by atoms with Crippen LogP contribution in [0.1, 0.15) is 25.2 Å². The molecule has 3 rings (SSSR count). The minimum atomic E-state index is -5.08. The standard InChI is InChI=1S/C20H23N9O10S2/c1-20(2,18(34)35)39-28-14(10-7-40-19(21)25-10)16(32)26-15-11(29(17(15)33)41(36,37)38)5-23-4-9(27-22)8-3-12(30)13(31)6-24-8/h3-4,6-7,11,15,31H,5,22H2,1-2H3,(H2,21,25)(H,24,30)(H,26,32)(H,34,35)(H,36,37,38)/b23-4?,27-9?,28-14-/t11-,15+/m1/s1. The van der Waals surface area contributed by atoms with Crippen LogP contribution in [0, 0.1) is 0 Å². The van der Waals surface area contributed by atoms with Crippen molar-refractivity contribution in [2.24, 2.45) is 21.1 Å². The smallest absolute Gasteiger partial charge is 0.362 e. The number of rotatable bonds is 11. The summed E-state index contributed by atoms with van der Waals surface area (Å²) in [6.45, 7) is 1.78. The van der Waals surface area contributed by atoms with E-state index in [0.29, 0.717) is 0 Å². The minimum Gasteiger partial charge on any atom is -0.503 e. The third kappa shape index (κ3) is 6.82. The second-order valence-electron chi connectivity index (χ2n) is 8.65. The molecular formula is C20H23N9O10S2. The number of aromatic hydroxyl groups is 1. The van der Waals surface area contributed by atoms with Crippen LogP contribution >= 0.6 is 11.3 Å². The number of amides is 2. The third-order valence-corrected chi connectivity index (χ3v) is 7.00. The molecule has 1 fully saturated rings. The topological polar surface area (TPSA) is 305 Å². The number of oxime groups is 1. The van der Waals surface area contributed by atoms with E-state index in [-0.39, 0.29) is 26.5 Å². The fourth-order valence-electron chi connectivity index (χ4n) is 3.18. The molecule has 0 bridgehead atoms. The van der Waals surface area contributed by atoms with Gasteiger partial charge in [-0.05, 0) is 13.8 Å². The Balaban J connectivity index is 1.87. The molecule has 0 radical (unpaired) electrons. The van der Waals surface area contributed by atoms with Crippen molar-refractivity contribution in [3.8, 4) is 5.75 Å². The van der Waals surface area contributed by atoms with Crippen LogP contribution in [0.3, 0.4) is 0 Å². The van der Waals surface area contributed by atoms with Crippen molar-refractivity contribution >= 4 is 62.2 Å². The van der Waals surface area contributed by atoms with E-state index >= 15 is 0 Å². The average Bonchev–Trinajstić information content (AvgIpc) is 3.31. The van der Waals surface area contributed by atoms with E-state index < -0.39 is 69.2 Å². The number of β-lactam (4-membered cyclic amide) rings is 1. The molecule has 0 saturated carbocycles. The number of hydrogen-bond acceptors (Lipinski definition) is 15. The molecule has 2 atom stereocenters. The number of H-pyrrole nitrogens is 1. The largest absolute Gasteiger partial charge is 0.503 e. The Labute approximate surface area is 234 Å². The predicted octanol–water partition coefficient (Wildman–Crippen LogP) is -2.36. The molecule has 0 unspecified atom stereocenters. The maximum atomic E-state index is 13.1. The number of nitrogens with zero attached hydrogens (tertiary/aromatic N) is 5. The summed E-state index contributed by atoms with van der Waals surface area (Å²) in [4.78, 5) is 64.1. The Morgan fingerprint density at radius 3 is 2.59 bits per heavy atom. The summed E-state index contributed by atoms with van der Waals surface area (Å²) in [5.41, 5.74) is 2.19. The lowest BCUT2D eigenvalue weighted by Gasteiger charge is -2.43. The quantitative estimate of drug-likeness (QED) is 0.0459.